The highest BCUT2D eigenvalue weighted by molar-refractivity contribution is 6.30. The second kappa shape index (κ2) is 5.18. The van der Waals surface area contributed by atoms with Crippen LogP contribution >= 0.6 is 11.6 Å². The fourth-order valence-electron chi connectivity index (χ4n) is 2.23. The van der Waals surface area contributed by atoms with E-state index in [1.165, 1.54) is 0 Å². The monoisotopic (exact) mass is 300 g/mol. The molecule has 6 heteroatoms. The van der Waals surface area contributed by atoms with Crippen molar-refractivity contribution >= 4 is 34.2 Å². The SMILES string of the molecule is Cc1cc(Cl)ccc1C(=O)Nc1ccnc2c1cnn2C. The van der Waals surface area contributed by atoms with Gasteiger partial charge in [0.25, 0.3) is 5.91 Å². The summed E-state index contributed by atoms with van der Waals surface area (Å²) in [6.45, 7) is 1.85. The number of hydrogen-bond donors (Lipinski definition) is 1. The third-order valence-electron chi connectivity index (χ3n) is 3.32. The van der Waals surface area contributed by atoms with Gasteiger partial charge in [-0.2, -0.15) is 5.10 Å². The summed E-state index contributed by atoms with van der Waals surface area (Å²) in [7, 11) is 1.81. The Bertz CT molecular complexity index is 841. The van der Waals surface area contributed by atoms with Gasteiger partial charge in [-0.3, -0.25) is 9.48 Å². The second-order valence-corrected chi connectivity index (χ2v) is 5.21. The molecule has 21 heavy (non-hydrogen) atoms. The molecule has 3 aromatic rings. The number of carbonyl (C=O) groups excluding carboxylic acids is 1. The molecule has 5 nitrogen and oxygen atoms in total. The number of hydrogen-bond acceptors (Lipinski definition) is 3. The number of carbonyl (C=O) groups is 1. The minimum Gasteiger partial charge on any atom is -0.321 e. The van der Waals surface area contributed by atoms with Crippen molar-refractivity contribution in [1.82, 2.24) is 14.8 Å². The molecule has 0 radical (unpaired) electrons. The Morgan fingerprint density at radius 1 is 1.33 bits per heavy atom. The van der Waals surface area contributed by atoms with Crippen LogP contribution in [0, 0.1) is 6.92 Å². The number of aromatic nitrogens is 3. The number of fused-ring (bicyclic) bond motifs is 1. The van der Waals surface area contributed by atoms with Crippen LogP contribution in [-0.2, 0) is 7.05 Å². The van der Waals surface area contributed by atoms with E-state index in [2.05, 4.69) is 15.4 Å². The van der Waals surface area contributed by atoms with Gasteiger partial charge in [-0.25, -0.2) is 4.98 Å². The van der Waals surface area contributed by atoms with Gasteiger partial charge in [-0.05, 0) is 36.8 Å². The summed E-state index contributed by atoms with van der Waals surface area (Å²) in [6, 6.07) is 6.94. The Morgan fingerprint density at radius 2 is 2.14 bits per heavy atom. The van der Waals surface area contributed by atoms with Gasteiger partial charge in [-0.1, -0.05) is 11.6 Å². The number of benzene rings is 1. The molecule has 0 spiro atoms. The molecule has 1 aromatic carbocycles. The normalized spacial score (nSPS) is 10.8. The van der Waals surface area contributed by atoms with Crippen LogP contribution in [0.4, 0.5) is 5.69 Å². The molecule has 0 fully saturated rings. The summed E-state index contributed by atoms with van der Waals surface area (Å²) in [5.41, 5.74) is 2.83. The van der Waals surface area contributed by atoms with Gasteiger partial charge in [0.05, 0.1) is 17.3 Å². The molecule has 1 N–H and O–H groups in total. The predicted molar refractivity (Wildman–Crippen MR) is 82.7 cm³/mol. The number of rotatable bonds is 2. The number of aryl methyl sites for hydroxylation is 2. The molecule has 106 valence electrons. The van der Waals surface area contributed by atoms with Gasteiger partial charge >= 0.3 is 0 Å². The number of pyridine rings is 1. The first-order valence-corrected chi connectivity index (χ1v) is 6.78. The van der Waals surface area contributed by atoms with Crippen molar-refractivity contribution in [3.05, 3.63) is 52.8 Å². The van der Waals surface area contributed by atoms with Crippen LogP contribution in [0.5, 0.6) is 0 Å². The fraction of sp³-hybridized carbons (Fsp3) is 0.133. The van der Waals surface area contributed by atoms with E-state index in [9.17, 15) is 4.79 Å². The summed E-state index contributed by atoms with van der Waals surface area (Å²) < 4.78 is 1.67. The van der Waals surface area contributed by atoms with E-state index in [-0.39, 0.29) is 5.91 Å². The van der Waals surface area contributed by atoms with E-state index in [0.717, 1.165) is 16.6 Å². The number of halogens is 1. The van der Waals surface area contributed by atoms with Crippen molar-refractivity contribution < 1.29 is 4.79 Å². The molecule has 0 aliphatic rings. The van der Waals surface area contributed by atoms with Crippen LogP contribution in [0.3, 0.4) is 0 Å². The largest absolute Gasteiger partial charge is 0.321 e. The molecule has 0 aliphatic carbocycles. The lowest BCUT2D eigenvalue weighted by molar-refractivity contribution is 0.102. The minimum atomic E-state index is -0.180. The minimum absolute atomic E-state index is 0.180. The van der Waals surface area contributed by atoms with E-state index >= 15 is 0 Å². The van der Waals surface area contributed by atoms with E-state index < -0.39 is 0 Å². The Morgan fingerprint density at radius 3 is 2.90 bits per heavy atom. The first kappa shape index (κ1) is 13.6. The highest BCUT2D eigenvalue weighted by Crippen LogP contribution is 2.22. The van der Waals surface area contributed by atoms with E-state index in [1.54, 1.807) is 41.3 Å². The Balaban J connectivity index is 1.96. The lowest BCUT2D eigenvalue weighted by atomic mass is 10.1. The lowest BCUT2D eigenvalue weighted by Crippen LogP contribution is -2.13. The van der Waals surface area contributed by atoms with Gasteiger partial charge in [0.2, 0.25) is 0 Å². The molecular weight excluding hydrogens is 288 g/mol. The summed E-state index contributed by atoms with van der Waals surface area (Å²) in [5, 5.41) is 8.47. The van der Waals surface area contributed by atoms with Gasteiger partial charge in [0.1, 0.15) is 0 Å². The molecular formula is C15H13ClN4O. The van der Waals surface area contributed by atoms with Crippen LogP contribution < -0.4 is 5.32 Å². The third kappa shape index (κ3) is 2.48. The maximum Gasteiger partial charge on any atom is 0.255 e. The highest BCUT2D eigenvalue weighted by atomic mass is 35.5. The maximum atomic E-state index is 12.4. The summed E-state index contributed by atoms with van der Waals surface area (Å²) in [5.74, 6) is -0.180. The number of nitrogens with zero attached hydrogens (tertiary/aromatic N) is 3. The lowest BCUT2D eigenvalue weighted by Gasteiger charge is -2.08. The highest BCUT2D eigenvalue weighted by Gasteiger charge is 2.12. The zero-order valence-electron chi connectivity index (χ0n) is 11.6. The van der Waals surface area contributed by atoms with Crippen molar-refractivity contribution in [2.75, 3.05) is 5.32 Å². The molecule has 2 aromatic heterocycles. The third-order valence-corrected chi connectivity index (χ3v) is 3.55. The van der Waals surface area contributed by atoms with Crippen molar-refractivity contribution in [3.63, 3.8) is 0 Å². The zero-order valence-corrected chi connectivity index (χ0v) is 12.3. The Labute approximate surface area is 126 Å². The predicted octanol–water partition coefficient (Wildman–Crippen LogP) is 3.18. The maximum absolute atomic E-state index is 12.4. The molecule has 0 unspecified atom stereocenters. The Hall–Kier alpha value is -2.40. The van der Waals surface area contributed by atoms with Crippen molar-refractivity contribution in [2.24, 2.45) is 7.05 Å². The number of nitrogens with one attached hydrogen (secondary N) is 1. The molecule has 2 heterocycles. The smallest absolute Gasteiger partial charge is 0.255 e. The van der Waals surface area contributed by atoms with Crippen LogP contribution in [0.15, 0.2) is 36.7 Å². The van der Waals surface area contributed by atoms with Crippen LogP contribution in [-0.4, -0.2) is 20.7 Å². The van der Waals surface area contributed by atoms with E-state index in [4.69, 9.17) is 11.6 Å². The fourth-order valence-corrected chi connectivity index (χ4v) is 2.45. The van der Waals surface area contributed by atoms with Crippen molar-refractivity contribution in [3.8, 4) is 0 Å². The molecule has 0 saturated carbocycles. The topological polar surface area (TPSA) is 59.8 Å². The summed E-state index contributed by atoms with van der Waals surface area (Å²) >= 11 is 5.91. The molecule has 0 aliphatic heterocycles. The molecule has 0 saturated heterocycles. The second-order valence-electron chi connectivity index (χ2n) is 4.78. The first-order chi connectivity index (χ1) is 10.1. The molecule has 0 atom stereocenters. The van der Waals surface area contributed by atoms with Crippen LogP contribution in [0.2, 0.25) is 5.02 Å². The summed E-state index contributed by atoms with van der Waals surface area (Å²) in [6.07, 6.45) is 3.33. The number of amides is 1. The first-order valence-electron chi connectivity index (χ1n) is 6.40. The van der Waals surface area contributed by atoms with Crippen molar-refractivity contribution in [2.45, 2.75) is 6.92 Å². The summed E-state index contributed by atoms with van der Waals surface area (Å²) in [4.78, 5) is 16.6. The molecule has 1 amide bonds. The van der Waals surface area contributed by atoms with Crippen LogP contribution in [0.1, 0.15) is 15.9 Å². The number of anilines is 1. The van der Waals surface area contributed by atoms with Gasteiger partial charge in [0.15, 0.2) is 5.65 Å². The van der Waals surface area contributed by atoms with Gasteiger partial charge in [0, 0.05) is 23.8 Å². The Kier molecular flexibility index (Phi) is 3.35. The zero-order chi connectivity index (χ0) is 15.0. The van der Waals surface area contributed by atoms with Gasteiger partial charge in [-0.15, -0.1) is 0 Å². The van der Waals surface area contributed by atoms with Gasteiger partial charge < -0.3 is 5.32 Å². The van der Waals surface area contributed by atoms with Crippen molar-refractivity contribution in [1.29, 1.82) is 0 Å². The molecule has 3 rings (SSSR count). The standard InChI is InChI=1S/C15H13ClN4O/c1-9-7-10(16)3-4-11(9)15(21)19-13-5-6-17-14-12(13)8-18-20(14)2/h3-8H,1-2H3,(H,17,19,21). The average Bonchev–Trinajstić information content (AvgIpc) is 2.81. The molecule has 0 bridgehead atoms. The van der Waals surface area contributed by atoms with Crippen LogP contribution in [0.25, 0.3) is 11.0 Å². The average molecular weight is 301 g/mol. The quantitative estimate of drug-likeness (QED) is 0.790. The van der Waals surface area contributed by atoms with E-state index in [1.807, 2.05) is 14.0 Å². The van der Waals surface area contributed by atoms with E-state index in [0.29, 0.717) is 16.3 Å².